The van der Waals surface area contributed by atoms with Gasteiger partial charge in [0.1, 0.15) is 5.56 Å². The second-order valence-corrected chi connectivity index (χ2v) is 20.7. The van der Waals surface area contributed by atoms with Gasteiger partial charge in [0.15, 0.2) is 17.5 Å². The van der Waals surface area contributed by atoms with Gasteiger partial charge in [-0.25, -0.2) is 15.0 Å². The van der Waals surface area contributed by atoms with Crippen LogP contribution in [0.4, 0.5) is 13.2 Å². The van der Waals surface area contributed by atoms with Gasteiger partial charge in [0.2, 0.25) is 0 Å². The first kappa shape index (κ1) is 51.9. The zero-order valence-electron chi connectivity index (χ0n) is 45.3. The highest BCUT2D eigenvalue weighted by atomic mass is 19.4. The Bertz CT molecular complexity index is 4740. The fourth-order valence-corrected chi connectivity index (χ4v) is 11.9. The molecule has 0 amide bonds. The fraction of sp³-hybridized carbons (Fsp3) is 0.0135. The van der Waals surface area contributed by atoms with Gasteiger partial charge < -0.3 is 9.13 Å². The zero-order valence-corrected chi connectivity index (χ0v) is 45.3. The summed E-state index contributed by atoms with van der Waals surface area (Å²) in [4.78, 5) is 15.2. The first-order chi connectivity index (χ1) is 42.1. The average molecular weight is 1110 g/mol. The number of aromatic nitrogens is 5. The Labute approximate surface area is 490 Å². The number of rotatable bonds is 9. The molecule has 0 N–H and O–H groups in total. The molecule has 3 aromatic heterocycles. The summed E-state index contributed by atoms with van der Waals surface area (Å²) in [6, 6.07) is 81.7. The molecule has 402 valence electrons. The molecule has 0 saturated heterocycles. The van der Waals surface area contributed by atoms with Gasteiger partial charge in [0.05, 0.1) is 80.0 Å². The molecule has 0 aliphatic heterocycles. The Hall–Kier alpha value is -12.2. The Morgan fingerprint density at radius 3 is 0.837 bits per heavy atom. The van der Waals surface area contributed by atoms with Crippen molar-refractivity contribution in [3.8, 4) is 114 Å². The minimum atomic E-state index is -5.06. The quantitative estimate of drug-likeness (QED) is 0.140. The Balaban J connectivity index is 1.14. The molecule has 0 saturated carbocycles. The molecular formula is C74H40F3N9. The van der Waals surface area contributed by atoms with Gasteiger partial charge in [0, 0.05) is 38.2 Å². The van der Waals surface area contributed by atoms with Gasteiger partial charge in [0.25, 0.3) is 0 Å². The zero-order chi connectivity index (χ0) is 58.6. The van der Waals surface area contributed by atoms with Crippen LogP contribution in [0.5, 0.6) is 0 Å². The number of nitriles is 4. The maximum Gasteiger partial charge on any atom is 0.420 e. The van der Waals surface area contributed by atoms with E-state index in [4.69, 9.17) is 15.0 Å². The van der Waals surface area contributed by atoms with Crippen LogP contribution in [0.2, 0.25) is 0 Å². The second-order valence-electron chi connectivity index (χ2n) is 20.7. The molecule has 0 fully saturated rings. The van der Waals surface area contributed by atoms with Crippen molar-refractivity contribution in [3.63, 3.8) is 0 Å². The van der Waals surface area contributed by atoms with Crippen molar-refractivity contribution in [2.24, 2.45) is 0 Å². The Kier molecular flexibility index (Phi) is 12.6. The van der Waals surface area contributed by atoms with Gasteiger partial charge in [-0.1, -0.05) is 158 Å². The maximum atomic E-state index is 17.5. The fourth-order valence-electron chi connectivity index (χ4n) is 11.9. The van der Waals surface area contributed by atoms with E-state index in [2.05, 4.69) is 24.3 Å². The predicted molar refractivity (Wildman–Crippen MR) is 330 cm³/mol. The molecule has 14 aromatic rings. The van der Waals surface area contributed by atoms with E-state index in [-0.39, 0.29) is 22.8 Å². The third-order valence-corrected chi connectivity index (χ3v) is 15.8. The SMILES string of the molecule is N#Cc1ccccc1-c1ccc2c(c1)c1cc(-c3ccccc3C#N)ccc1n2-c1cc(-c2nc(-c3ccccc3)nc(-c3ccccc3)n2)cc(-n2c3ccc(-c4ccccc4C#N)cc3c3cc(-c4ccccc4C#N)ccc32)c1C(F)(F)F. The number of nitrogens with zero attached hydrogens (tertiary/aromatic N) is 9. The maximum absolute atomic E-state index is 17.5. The Morgan fingerprint density at radius 1 is 0.291 bits per heavy atom. The van der Waals surface area contributed by atoms with Crippen LogP contribution in [-0.4, -0.2) is 24.1 Å². The van der Waals surface area contributed by atoms with Crippen molar-refractivity contribution < 1.29 is 13.2 Å². The second kappa shape index (κ2) is 21.0. The summed E-state index contributed by atoms with van der Waals surface area (Å²) in [7, 11) is 0. The normalized spacial score (nSPS) is 11.4. The van der Waals surface area contributed by atoms with E-state index in [9.17, 15) is 21.0 Å². The van der Waals surface area contributed by atoms with Crippen molar-refractivity contribution in [2.75, 3.05) is 0 Å². The van der Waals surface area contributed by atoms with E-state index < -0.39 is 11.7 Å². The summed E-state index contributed by atoms with van der Waals surface area (Å²) in [6.45, 7) is 0. The van der Waals surface area contributed by atoms with Crippen LogP contribution in [0.1, 0.15) is 27.8 Å². The van der Waals surface area contributed by atoms with Crippen LogP contribution in [0.25, 0.3) is 134 Å². The summed E-state index contributed by atoms with van der Waals surface area (Å²) < 4.78 is 55.7. The smallest absolute Gasteiger partial charge is 0.309 e. The molecular weight excluding hydrogens is 1070 g/mol. The molecule has 0 aliphatic carbocycles. The van der Waals surface area contributed by atoms with E-state index in [1.165, 1.54) is 12.1 Å². The largest absolute Gasteiger partial charge is 0.420 e. The number of benzene rings is 11. The standard InChI is InChI=1S/C74H40F3N9/c75-74(76,77)70-68(85-64-31-27-47(56-23-11-7-19-51(56)41-78)35-60(64)61-36-48(28-32-65(61)85)57-24-12-8-20-52(57)42-79)39-55(73-83-71(45-15-3-1-4-16-45)82-72(84-73)46-17-5-2-6-18-46)40-69(70)86-66-33-29-49(58-25-13-9-21-53(58)43-80)37-62(66)63-38-50(30-34-67(63)86)59-26-14-10-22-54(59)44-81/h1-40H. The minimum Gasteiger partial charge on any atom is -0.309 e. The monoisotopic (exact) mass is 1110 g/mol. The van der Waals surface area contributed by atoms with Crippen molar-refractivity contribution in [1.82, 2.24) is 24.1 Å². The molecule has 11 aromatic carbocycles. The molecule has 0 spiro atoms. The van der Waals surface area contributed by atoms with E-state index in [1.54, 1.807) is 81.9 Å². The van der Waals surface area contributed by atoms with E-state index >= 15 is 13.2 Å². The number of fused-ring (bicyclic) bond motifs is 6. The van der Waals surface area contributed by atoms with Gasteiger partial charge in [-0.05, 0) is 129 Å². The highest BCUT2D eigenvalue weighted by Gasteiger charge is 2.40. The topological polar surface area (TPSA) is 144 Å². The van der Waals surface area contributed by atoms with Gasteiger partial charge in [-0.2, -0.15) is 34.2 Å². The van der Waals surface area contributed by atoms with Crippen LogP contribution in [0.3, 0.4) is 0 Å². The minimum absolute atomic E-state index is 0.104. The molecule has 0 radical (unpaired) electrons. The average Bonchev–Trinajstić information content (AvgIpc) is 1.56. The van der Waals surface area contributed by atoms with Gasteiger partial charge in [-0.3, -0.25) is 0 Å². The van der Waals surface area contributed by atoms with Gasteiger partial charge >= 0.3 is 6.18 Å². The highest BCUT2D eigenvalue weighted by molar-refractivity contribution is 6.14. The number of alkyl halides is 3. The lowest BCUT2D eigenvalue weighted by Gasteiger charge is -2.23. The molecule has 9 nitrogen and oxygen atoms in total. The Morgan fingerprint density at radius 2 is 0.558 bits per heavy atom. The van der Waals surface area contributed by atoms with Crippen molar-refractivity contribution in [3.05, 3.63) is 270 Å². The molecule has 0 atom stereocenters. The third-order valence-electron chi connectivity index (χ3n) is 15.8. The van der Waals surface area contributed by atoms with Crippen LogP contribution in [0.15, 0.2) is 243 Å². The molecule has 3 heterocycles. The lowest BCUT2D eigenvalue weighted by atomic mass is 9.96. The number of hydrogen-bond acceptors (Lipinski definition) is 7. The van der Waals surface area contributed by atoms with E-state index in [0.29, 0.717) is 133 Å². The van der Waals surface area contributed by atoms with Crippen LogP contribution in [-0.2, 0) is 6.18 Å². The summed E-state index contributed by atoms with van der Waals surface area (Å²) in [5.41, 5.74) is 8.77. The molecule has 14 rings (SSSR count). The first-order valence-electron chi connectivity index (χ1n) is 27.4. The molecule has 0 aliphatic rings. The molecule has 0 unspecified atom stereocenters. The van der Waals surface area contributed by atoms with Crippen LogP contribution < -0.4 is 0 Å². The van der Waals surface area contributed by atoms with Crippen LogP contribution >= 0.6 is 0 Å². The van der Waals surface area contributed by atoms with Gasteiger partial charge in [-0.15, -0.1) is 0 Å². The lowest BCUT2D eigenvalue weighted by Crippen LogP contribution is -2.16. The summed E-state index contributed by atoms with van der Waals surface area (Å²) in [6.07, 6.45) is -5.06. The molecule has 86 heavy (non-hydrogen) atoms. The molecule has 0 bridgehead atoms. The first-order valence-corrected chi connectivity index (χ1v) is 27.4. The van der Waals surface area contributed by atoms with Crippen molar-refractivity contribution in [2.45, 2.75) is 6.18 Å². The van der Waals surface area contributed by atoms with E-state index in [0.717, 1.165) is 0 Å². The predicted octanol–water partition coefficient (Wildman–Crippen LogP) is 18.2. The number of hydrogen-bond donors (Lipinski definition) is 0. The highest BCUT2D eigenvalue weighted by Crippen LogP contribution is 2.48. The third kappa shape index (κ3) is 8.83. The van der Waals surface area contributed by atoms with Crippen LogP contribution in [0, 0.1) is 45.3 Å². The van der Waals surface area contributed by atoms with Crippen molar-refractivity contribution >= 4 is 43.6 Å². The summed E-state index contributed by atoms with van der Waals surface area (Å²) in [5, 5.41) is 43.6. The molecule has 12 heteroatoms. The number of halogens is 3. The lowest BCUT2D eigenvalue weighted by molar-refractivity contribution is -0.137. The summed E-state index contributed by atoms with van der Waals surface area (Å²) >= 11 is 0. The summed E-state index contributed by atoms with van der Waals surface area (Å²) in [5.74, 6) is 0.709. The van der Waals surface area contributed by atoms with E-state index in [1.807, 2.05) is 158 Å². The van der Waals surface area contributed by atoms with Crippen molar-refractivity contribution in [1.29, 1.82) is 21.0 Å².